The Morgan fingerprint density at radius 2 is 0.742 bits per heavy atom. The number of hydrogen-bond acceptors (Lipinski definition) is 4. The van der Waals surface area contributed by atoms with Gasteiger partial charge in [0.1, 0.15) is 22.3 Å². The molecule has 0 fully saturated rings. The summed E-state index contributed by atoms with van der Waals surface area (Å²) in [5.41, 5.74) is 14.3. The zero-order valence-electron chi connectivity index (χ0n) is 33.7. The first-order valence-electron chi connectivity index (χ1n) is 21.0. The van der Waals surface area contributed by atoms with Crippen molar-refractivity contribution >= 4 is 88.8 Å². The Morgan fingerprint density at radius 3 is 1.42 bits per heavy atom. The molecule has 0 aliphatic rings. The first kappa shape index (κ1) is 35.6. The van der Waals surface area contributed by atoms with E-state index < -0.39 is 0 Å². The van der Waals surface area contributed by atoms with Gasteiger partial charge in [-0.05, 0) is 112 Å². The molecule has 2 heterocycles. The van der Waals surface area contributed by atoms with Gasteiger partial charge in [-0.2, -0.15) is 0 Å². The van der Waals surface area contributed by atoms with Crippen LogP contribution >= 0.6 is 0 Å². The highest BCUT2D eigenvalue weighted by molar-refractivity contribution is 6.07. The predicted octanol–water partition coefficient (Wildman–Crippen LogP) is 16.9. The third-order valence-electron chi connectivity index (χ3n) is 12.0. The predicted molar refractivity (Wildman–Crippen MR) is 259 cm³/mol. The fourth-order valence-electron chi connectivity index (χ4n) is 9.04. The van der Waals surface area contributed by atoms with Crippen LogP contribution in [0.5, 0.6) is 0 Å². The fourth-order valence-corrected chi connectivity index (χ4v) is 9.04. The van der Waals surface area contributed by atoms with Crippen molar-refractivity contribution in [2.24, 2.45) is 0 Å². The number of rotatable bonds is 8. The Morgan fingerprint density at radius 1 is 0.258 bits per heavy atom. The van der Waals surface area contributed by atoms with E-state index in [1.54, 1.807) is 0 Å². The van der Waals surface area contributed by atoms with Crippen LogP contribution in [-0.2, 0) is 0 Å². The molecule has 0 unspecified atom stereocenters. The van der Waals surface area contributed by atoms with Crippen LogP contribution in [-0.4, -0.2) is 0 Å². The molecule has 12 rings (SSSR count). The Bertz CT molecular complexity index is 3590. The molecular weight excluding hydrogens is 757 g/mol. The minimum Gasteiger partial charge on any atom is -0.456 e. The smallest absolute Gasteiger partial charge is 0.137 e. The minimum atomic E-state index is 0.856. The van der Waals surface area contributed by atoms with E-state index in [4.69, 9.17) is 8.83 Å². The number of fused-ring (bicyclic) bond motifs is 7. The topological polar surface area (TPSA) is 32.8 Å². The van der Waals surface area contributed by atoms with Gasteiger partial charge in [-0.3, -0.25) is 0 Å². The van der Waals surface area contributed by atoms with Gasteiger partial charge >= 0.3 is 0 Å². The van der Waals surface area contributed by atoms with E-state index >= 15 is 0 Å². The Kier molecular flexibility index (Phi) is 8.46. The second kappa shape index (κ2) is 14.7. The summed E-state index contributed by atoms with van der Waals surface area (Å²) in [6.07, 6.45) is 0. The Hall–Kier alpha value is -8.34. The molecule has 292 valence electrons. The van der Waals surface area contributed by atoms with Gasteiger partial charge in [-0.25, -0.2) is 0 Å². The lowest BCUT2D eigenvalue weighted by Gasteiger charge is -2.29. The molecule has 0 radical (unpaired) electrons. The van der Waals surface area contributed by atoms with Crippen molar-refractivity contribution in [2.45, 2.75) is 0 Å². The van der Waals surface area contributed by atoms with E-state index in [0.29, 0.717) is 0 Å². The molecule has 10 aromatic carbocycles. The number of para-hydroxylation sites is 3. The Labute approximate surface area is 358 Å². The SMILES string of the molecule is c1ccc(-c2cc(-c3ccc(N(c4ccccc4)c4ccc5c(c4)oc4ccccc45)cc3)ccc2N(c2ccc3ccccc3c2)c2ccc3c(c2)oc2ccccc23)cc1. The number of nitrogens with zero attached hydrogens (tertiary/aromatic N) is 2. The molecule has 12 aromatic rings. The molecule has 0 atom stereocenters. The summed E-state index contributed by atoms with van der Waals surface area (Å²) < 4.78 is 12.8. The summed E-state index contributed by atoms with van der Waals surface area (Å²) in [6, 6.07) is 81.7. The molecule has 0 spiro atoms. The van der Waals surface area contributed by atoms with Gasteiger partial charge in [-0.1, -0.05) is 133 Å². The van der Waals surface area contributed by atoms with E-state index in [9.17, 15) is 0 Å². The number of anilines is 6. The summed E-state index contributed by atoms with van der Waals surface area (Å²) >= 11 is 0. The normalized spacial score (nSPS) is 11.5. The molecule has 0 aliphatic heterocycles. The summed E-state index contributed by atoms with van der Waals surface area (Å²) in [5.74, 6) is 0. The van der Waals surface area contributed by atoms with Gasteiger partial charge < -0.3 is 18.6 Å². The number of furan rings is 2. The summed E-state index contributed by atoms with van der Waals surface area (Å²) in [5, 5.41) is 6.83. The van der Waals surface area contributed by atoms with Crippen LogP contribution in [0.2, 0.25) is 0 Å². The fraction of sp³-hybridized carbons (Fsp3) is 0. The summed E-state index contributed by atoms with van der Waals surface area (Å²) in [4.78, 5) is 4.65. The summed E-state index contributed by atoms with van der Waals surface area (Å²) in [7, 11) is 0. The lowest BCUT2D eigenvalue weighted by atomic mass is 9.95. The van der Waals surface area contributed by atoms with Crippen molar-refractivity contribution in [3.63, 3.8) is 0 Å². The van der Waals surface area contributed by atoms with Crippen molar-refractivity contribution in [3.05, 3.63) is 231 Å². The molecule has 2 aromatic heterocycles. The van der Waals surface area contributed by atoms with Gasteiger partial charge in [-0.15, -0.1) is 0 Å². The molecular formula is C58H38N2O2. The van der Waals surface area contributed by atoms with Crippen LogP contribution in [0.1, 0.15) is 0 Å². The highest BCUT2D eigenvalue weighted by Gasteiger charge is 2.21. The number of hydrogen-bond donors (Lipinski definition) is 0. The zero-order valence-corrected chi connectivity index (χ0v) is 33.7. The molecule has 0 bridgehead atoms. The van der Waals surface area contributed by atoms with Crippen molar-refractivity contribution in [1.29, 1.82) is 0 Å². The van der Waals surface area contributed by atoms with E-state index in [1.165, 1.54) is 10.8 Å². The van der Waals surface area contributed by atoms with E-state index in [0.717, 1.165) is 100 Å². The van der Waals surface area contributed by atoms with Gasteiger partial charge in [0.25, 0.3) is 0 Å². The van der Waals surface area contributed by atoms with Crippen molar-refractivity contribution in [2.75, 3.05) is 9.80 Å². The van der Waals surface area contributed by atoms with Crippen LogP contribution in [0.25, 0.3) is 76.9 Å². The maximum Gasteiger partial charge on any atom is 0.137 e. The molecule has 0 aliphatic carbocycles. The third kappa shape index (κ3) is 6.16. The second-order valence-corrected chi connectivity index (χ2v) is 15.7. The van der Waals surface area contributed by atoms with Crippen LogP contribution < -0.4 is 9.80 Å². The maximum atomic E-state index is 6.46. The highest BCUT2D eigenvalue weighted by Crippen LogP contribution is 2.45. The van der Waals surface area contributed by atoms with E-state index in [-0.39, 0.29) is 0 Å². The number of benzene rings is 10. The van der Waals surface area contributed by atoms with Crippen LogP contribution in [0.3, 0.4) is 0 Å². The van der Waals surface area contributed by atoms with Crippen LogP contribution in [0.15, 0.2) is 239 Å². The standard InChI is InChI=1S/C58H38N2O2/c1-3-14-41(15-4-1)53-36-43(40-23-27-45(28-24-40)59(44-17-5-2-6-18-44)47-30-32-51-49-19-9-11-21-55(49)61-57(51)37-47)26-34-54(53)60(46-29-25-39-13-7-8-16-42(39)35-46)48-31-33-52-50-20-10-12-22-56(50)62-58(52)38-48/h1-38H. The molecule has 4 heteroatoms. The highest BCUT2D eigenvalue weighted by atomic mass is 16.3. The second-order valence-electron chi connectivity index (χ2n) is 15.7. The van der Waals surface area contributed by atoms with Gasteiger partial charge in [0.2, 0.25) is 0 Å². The van der Waals surface area contributed by atoms with Crippen LogP contribution in [0.4, 0.5) is 34.1 Å². The van der Waals surface area contributed by atoms with Crippen molar-refractivity contribution in [1.82, 2.24) is 0 Å². The molecule has 0 saturated heterocycles. The molecule has 0 saturated carbocycles. The van der Waals surface area contributed by atoms with Gasteiger partial charge in [0.15, 0.2) is 0 Å². The maximum absolute atomic E-state index is 6.46. The van der Waals surface area contributed by atoms with E-state index in [2.05, 4.69) is 216 Å². The molecule has 4 nitrogen and oxygen atoms in total. The first-order chi connectivity index (χ1) is 30.7. The van der Waals surface area contributed by atoms with Crippen molar-refractivity contribution in [3.8, 4) is 22.3 Å². The van der Waals surface area contributed by atoms with Crippen molar-refractivity contribution < 1.29 is 8.83 Å². The lowest BCUT2D eigenvalue weighted by molar-refractivity contribution is 0.668. The quantitative estimate of drug-likeness (QED) is 0.153. The average Bonchev–Trinajstić information content (AvgIpc) is 3.90. The van der Waals surface area contributed by atoms with E-state index in [1.807, 2.05) is 24.3 Å². The van der Waals surface area contributed by atoms with Crippen LogP contribution in [0, 0.1) is 0 Å². The lowest BCUT2D eigenvalue weighted by Crippen LogP contribution is -2.11. The van der Waals surface area contributed by atoms with Gasteiger partial charge in [0.05, 0.1) is 5.69 Å². The largest absolute Gasteiger partial charge is 0.456 e. The Balaban J connectivity index is 0.982. The third-order valence-corrected chi connectivity index (χ3v) is 12.0. The monoisotopic (exact) mass is 794 g/mol. The van der Waals surface area contributed by atoms with Gasteiger partial charge in [0, 0.05) is 67.7 Å². The molecule has 0 N–H and O–H groups in total. The average molecular weight is 795 g/mol. The molecule has 0 amide bonds. The summed E-state index contributed by atoms with van der Waals surface area (Å²) in [6.45, 7) is 0. The molecule has 62 heavy (non-hydrogen) atoms. The zero-order chi connectivity index (χ0) is 41.0. The minimum absolute atomic E-state index is 0.856. The first-order valence-corrected chi connectivity index (χ1v) is 21.0.